The lowest BCUT2D eigenvalue weighted by Crippen LogP contribution is -2.32. The molecule has 1 saturated heterocycles. The van der Waals surface area contributed by atoms with Crippen LogP contribution in [0.5, 0.6) is 0 Å². The predicted molar refractivity (Wildman–Crippen MR) is 79.2 cm³/mol. The molecule has 2 heterocycles. The SMILES string of the molecule is Cc1c(N)cc(Br)cc1-c1nnnn1C1(C)CCOC1. The second-order valence-electron chi connectivity index (χ2n) is 5.38. The molecule has 1 aliphatic rings. The number of hydrogen-bond donors (Lipinski definition) is 1. The van der Waals surface area contributed by atoms with Gasteiger partial charge in [0.2, 0.25) is 0 Å². The third-order valence-electron chi connectivity index (χ3n) is 3.83. The number of benzene rings is 1. The smallest absolute Gasteiger partial charge is 0.183 e. The van der Waals surface area contributed by atoms with Crippen LogP contribution in [-0.4, -0.2) is 33.4 Å². The summed E-state index contributed by atoms with van der Waals surface area (Å²) >= 11 is 3.47. The summed E-state index contributed by atoms with van der Waals surface area (Å²) in [5, 5.41) is 12.2. The van der Waals surface area contributed by atoms with Gasteiger partial charge in [-0.15, -0.1) is 5.10 Å². The average molecular weight is 338 g/mol. The van der Waals surface area contributed by atoms with Gasteiger partial charge in [-0.05, 0) is 48.4 Å². The lowest BCUT2D eigenvalue weighted by molar-refractivity contribution is 0.155. The summed E-state index contributed by atoms with van der Waals surface area (Å²) in [7, 11) is 0. The van der Waals surface area contributed by atoms with Crippen molar-refractivity contribution < 1.29 is 4.74 Å². The highest BCUT2D eigenvalue weighted by molar-refractivity contribution is 9.10. The molecule has 106 valence electrons. The maximum absolute atomic E-state index is 6.03. The molecule has 2 aromatic rings. The Morgan fingerprint density at radius 2 is 2.25 bits per heavy atom. The number of hydrogen-bond acceptors (Lipinski definition) is 5. The van der Waals surface area contributed by atoms with Gasteiger partial charge >= 0.3 is 0 Å². The molecule has 3 rings (SSSR count). The van der Waals surface area contributed by atoms with E-state index in [1.54, 1.807) is 0 Å². The molecule has 0 bridgehead atoms. The standard InChI is InChI=1S/C13H16BrN5O/c1-8-10(5-9(14)6-11(8)15)12-16-17-18-19(12)13(2)3-4-20-7-13/h5-6H,3-4,7,15H2,1-2H3. The number of tetrazole rings is 1. The van der Waals surface area contributed by atoms with Crippen molar-refractivity contribution in [2.24, 2.45) is 0 Å². The minimum Gasteiger partial charge on any atom is -0.398 e. The Hall–Kier alpha value is -1.47. The summed E-state index contributed by atoms with van der Waals surface area (Å²) in [5.74, 6) is 0.725. The molecule has 0 amide bonds. The average Bonchev–Trinajstić information content (AvgIpc) is 3.03. The topological polar surface area (TPSA) is 78.9 Å². The summed E-state index contributed by atoms with van der Waals surface area (Å²) in [4.78, 5) is 0. The fourth-order valence-corrected chi connectivity index (χ4v) is 2.95. The van der Waals surface area contributed by atoms with Crippen molar-refractivity contribution in [3.05, 3.63) is 22.2 Å². The fraction of sp³-hybridized carbons (Fsp3) is 0.462. The number of anilines is 1. The summed E-state index contributed by atoms with van der Waals surface area (Å²) in [6.45, 7) is 5.43. The van der Waals surface area contributed by atoms with Gasteiger partial charge in [-0.3, -0.25) is 0 Å². The van der Waals surface area contributed by atoms with Crippen molar-refractivity contribution in [3.8, 4) is 11.4 Å². The Morgan fingerprint density at radius 1 is 1.45 bits per heavy atom. The summed E-state index contributed by atoms with van der Waals surface area (Å²) < 4.78 is 8.27. The van der Waals surface area contributed by atoms with Crippen molar-refractivity contribution in [1.29, 1.82) is 0 Å². The zero-order chi connectivity index (χ0) is 14.3. The predicted octanol–water partition coefficient (Wildman–Crippen LogP) is 2.13. The molecule has 0 saturated carbocycles. The number of nitrogens with two attached hydrogens (primary N) is 1. The van der Waals surface area contributed by atoms with Gasteiger partial charge in [0, 0.05) is 22.3 Å². The van der Waals surface area contributed by atoms with Gasteiger partial charge in [0.25, 0.3) is 0 Å². The zero-order valence-electron chi connectivity index (χ0n) is 11.4. The van der Waals surface area contributed by atoms with Crippen molar-refractivity contribution in [2.75, 3.05) is 18.9 Å². The fourth-order valence-electron chi connectivity index (χ4n) is 2.47. The van der Waals surface area contributed by atoms with E-state index in [2.05, 4.69) is 38.4 Å². The first-order valence-electron chi connectivity index (χ1n) is 6.44. The lowest BCUT2D eigenvalue weighted by Gasteiger charge is -2.23. The number of aromatic nitrogens is 4. The molecule has 0 radical (unpaired) electrons. The van der Waals surface area contributed by atoms with Crippen molar-refractivity contribution in [2.45, 2.75) is 25.8 Å². The van der Waals surface area contributed by atoms with Gasteiger partial charge < -0.3 is 10.5 Å². The van der Waals surface area contributed by atoms with Crippen LogP contribution in [0, 0.1) is 6.92 Å². The van der Waals surface area contributed by atoms with E-state index in [0.29, 0.717) is 6.61 Å². The van der Waals surface area contributed by atoms with Gasteiger partial charge in [0.05, 0.1) is 12.1 Å². The maximum Gasteiger partial charge on any atom is 0.183 e. The Kier molecular flexibility index (Phi) is 3.25. The Morgan fingerprint density at radius 3 is 2.95 bits per heavy atom. The van der Waals surface area contributed by atoms with Crippen LogP contribution in [0.4, 0.5) is 5.69 Å². The first kappa shape index (κ1) is 13.5. The molecular weight excluding hydrogens is 322 g/mol. The normalized spacial score (nSPS) is 22.4. The second-order valence-corrected chi connectivity index (χ2v) is 6.30. The Balaban J connectivity index is 2.15. The minimum absolute atomic E-state index is 0.206. The third kappa shape index (κ3) is 2.10. The van der Waals surface area contributed by atoms with E-state index in [-0.39, 0.29) is 5.54 Å². The minimum atomic E-state index is -0.206. The van der Waals surface area contributed by atoms with Gasteiger partial charge in [-0.2, -0.15) is 0 Å². The lowest BCUT2D eigenvalue weighted by atomic mass is 10.0. The molecule has 1 atom stereocenters. The van der Waals surface area contributed by atoms with E-state index in [1.165, 1.54) is 0 Å². The summed E-state index contributed by atoms with van der Waals surface area (Å²) in [6.07, 6.45) is 0.896. The Bertz CT molecular complexity index is 648. The quantitative estimate of drug-likeness (QED) is 0.849. The van der Waals surface area contributed by atoms with E-state index in [1.807, 2.05) is 23.7 Å². The largest absolute Gasteiger partial charge is 0.398 e. The van der Waals surface area contributed by atoms with E-state index >= 15 is 0 Å². The number of rotatable bonds is 2. The molecule has 1 aliphatic heterocycles. The molecule has 1 unspecified atom stereocenters. The van der Waals surface area contributed by atoms with E-state index < -0.39 is 0 Å². The van der Waals surface area contributed by atoms with Crippen LogP contribution in [0.3, 0.4) is 0 Å². The van der Waals surface area contributed by atoms with Gasteiger partial charge in [-0.25, -0.2) is 4.68 Å². The molecule has 0 spiro atoms. The molecule has 0 aliphatic carbocycles. The van der Waals surface area contributed by atoms with E-state index in [4.69, 9.17) is 10.5 Å². The second kappa shape index (κ2) is 4.82. The zero-order valence-corrected chi connectivity index (χ0v) is 13.0. The molecule has 20 heavy (non-hydrogen) atoms. The number of nitrogens with zero attached hydrogens (tertiary/aromatic N) is 4. The number of ether oxygens (including phenoxy) is 1. The van der Waals surface area contributed by atoms with Crippen LogP contribution in [0.15, 0.2) is 16.6 Å². The number of halogens is 1. The molecular formula is C13H16BrN5O. The summed E-state index contributed by atoms with van der Waals surface area (Å²) in [5.41, 5.74) is 8.46. The van der Waals surface area contributed by atoms with Crippen LogP contribution >= 0.6 is 15.9 Å². The van der Waals surface area contributed by atoms with Crippen LogP contribution in [0.2, 0.25) is 0 Å². The monoisotopic (exact) mass is 337 g/mol. The van der Waals surface area contributed by atoms with Crippen molar-refractivity contribution >= 4 is 21.6 Å². The third-order valence-corrected chi connectivity index (χ3v) is 4.29. The van der Waals surface area contributed by atoms with Crippen LogP contribution in [0.25, 0.3) is 11.4 Å². The van der Waals surface area contributed by atoms with Crippen molar-refractivity contribution in [3.63, 3.8) is 0 Å². The molecule has 6 nitrogen and oxygen atoms in total. The first-order chi connectivity index (χ1) is 9.51. The molecule has 1 aromatic carbocycles. The highest BCUT2D eigenvalue weighted by atomic mass is 79.9. The van der Waals surface area contributed by atoms with Gasteiger partial charge in [-0.1, -0.05) is 15.9 Å². The highest BCUT2D eigenvalue weighted by Crippen LogP contribution is 2.34. The van der Waals surface area contributed by atoms with Crippen LogP contribution in [0.1, 0.15) is 18.9 Å². The molecule has 1 aromatic heterocycles. The summed E-state index contributed by atoms with van der Waals surface area (Å²) in [6, 6.07) is 3.88. The molecule has 2 N–H and O–H groups in total. The maximum atomic E-state index is 6.03. The number of nitrogen functional groups attached to an aromatic ring is 1. The van der Waals surface area contributed by atoms with Crippen LogP contribution in [-0.2, 0) is 10.3 Å². The van der Waals surface area contributed by atoms with Crippen molar-refractivity contribution in [1.82, 2.24) is 20.2 Å². The Labute approximate surface area is 125 Å². The van der Waals surface area contributed by atoms with E-state index in [9.17, 15) is 0 Å². The first-order valence-corrected chi connectivity index (χ1v) is 7.23. The van der Waals surface area contributed by atoms with Crippen LogP contribution < -0.4 is 5.73 Å². The van der Waals surface area contributed by atoms with Gasteiger partial charge in [0.1, 0.15) is 0 Å². The highest BCUT2D eigenvalue weighted by Gasteiger charge is 2.35. The van der Waals surface area contributed by atoms with E-state index in [0.717, 1.165) is 40.1 Å². The molecule has 1 fully saturated rings. The molecule has 7 heteroatoms. The van der Waals surface area contributed by atoms with Gasteiger partial charge in [0.15, 0.2) is 5.82 Å².